The van der Waals surface area contributed by atoms with Crippen molar-refractivity contribution in [3.05, 3.63) is 64.7 Å². The van der Waals surface area contributed by atoms with Crippen molar-refractivity contribution in [2.75, 3.05) is 19.7 Å². The van der Waals surface area contributed by atoms with Crippen LogP contribution in [0.25, 0.3) is 0 Å². The molecule has 1 atom stereocenters. The quantitative estimate of drug-likeness (QED) is 0.921. The first kappa shape index (κ1) is 16.0. The van der Waals surface area contributed by atoms with Crippen LogP contribution in [0.3, 0.4) is 0 Å². The van der Waals surface area contributed by atoms with Crippen molar-refractivity contribution in [3.63, 3.8) is 0 Å². The maximum Gasteiger partial charge on any atom is 0.119 e. The summed E-state index contributed by atoms with van der Waals surface area (Å²) in [5, 5.41) is 10.3. The van der Waals surface area contributed by atoms with E-state index in [0.29, 0.717) is 13.2 Å². The highest BCUT2D eigenvalue weighted by atomic mass is 16.5. The largest absolute Gasteiger partial charge is 0.491 e. The summed E-state index contributed by atoms with van der Waals surface area (Å²) >= 11 is 0. The molecule has 0 aromatic heterocycles. The zero-order valence-corrected chi connectivity index (χ0v) is 14.0. The number of aryl methyl sites for hydroxylation is 2. The van der Waals surface area contributed by atoms with Gasteiger partial charge in [-0.1, -0.05) is 30.3 Å². The normalized spacial score (nSPS) is 16.0. The standard InChI is InChI=1S/C20H25NO2/c1-15-7-8-20(11-16(15)2)23-14-19(22)13-21-10-9-17-5-3-4-6-18(17)12-21/h3-8,11,19,22H,9-10,12-14H2,1-2H3/t19-/m1/s1. The number of benzene rings is 2. The lowest BCUT2D eigenvalue weighted by atomic mass is 10.00. The predicted octanol–water partition coefficient (Wildman–Crippen LogP) is 3.10. The monoisotopic (exact) mass is 311 g/mol. The summed E-state index contributed by atoms with van der Waals surface area (Å²) in [6, 6.07) is 14.6. The minimum absolute atomic E-state index is 0.334. The molecule has 0 spiro atoms. The van der Waals surface area contributed by atoms with E-state index in [4.69, 9.17) is 4.74 Å². The van der Waals surface area contributed by atoms with Gasteiger partial charge in [0.25, 0.3) is 0 Å². The first-order chi connectivity index (χ1) is 11.1. The molecule has 0 fully saturated rings. The molecular weight excluding hydrogens is 286 g/mol. The van der Waals surface area contributed by atoms with Gasteiger partial charge in [0.1, 0.15) is 18.5 Å². The molecule has 3 nitrogen and oxygen atoms in total. The Kier molecular flexibility index (Phi) is 4.99. The zero-order chi connectivity index (χ0) is 16.2. The summed E-state index contributed by atoms with van der Waals surface area (Å²) in [5.74, 6) is 0.830. The number of ether oxygens (including phenoxy) is 1. The molecule has 2 aromatic rings. The lowest BCUT2D eigenvalue weighted by molar-refractivity contribution is 0.0637. The first-order valence-corrected chi connectivity index (χ1v) is 8.29. The summed E-state index contributed by atoms with van der Waals surface area (Å²) in [5.41, 5.74) is 5.28. The summed E-state index contributed by atoms with van der Waals surface area (Å²) in [7, 11) is 0. The van der Waals surface area contributed by atoms with Crippen LogP contribution in [0.1, 0.15) is 22.3 Å². The van der Waals surface area contributed by atoms with Gasteiger partial charge >= 0.3 is 0 Å². The van der Waals surface area contributed by atoms with Crippen molar-refractivity contribution < 1.29 is 9.84 Å². The molecular formula is C20H25NO2. The molecule has 0 aliphatic carbocycles. The molecule has 1 heterocycles. The fourth-order valence-electron chi connectivity index (χ4n) is 3.06. The van der Waals surface area contributed by atoms with Gasteiger partial charge in [-0.2, -0.15) is 0 Å². The van der Waals surface area contributed by atoms with Crippen LogP contribution in [0, 0.1) is 13.8 Å². The third-order valence-electron chi connectivity index (χ3n) is 4.60. The molecule has 122 valence electrons. The van der Waals surface area contributed by atoms with E-state index < -0.39 is 6.10 Å². The van der Waals surface area contributed by atoms with Crippen LogP contribution in [0.2, 0.25) is 0 Å². The van der Waals surface area contributed by atoms with Gasteiger partial charge in [-0.25, -0.2) is 0 Å². The van der Waals surface area contributed by atoms with E-state index in [-0.39, 0.29) is 0 Å². The van der Waals surface area contributed by atoms with E-state index in [1.165, 1.54) is 22.3 Å². The van der Waals surface area contributed by atoms with E-state index in [2.05, 4.69) is 49.1 Å². The van der Waals surface area contributed by atoms with Crippen LogP contribution in [-0.4, -0.2) is 35.8 Å². The maximum absolute atomic E-state index is 10.3. The van der Waals surface area contributed by atoms with Crippen molar-refractivity contribution in [1.29, 1.82) is 0 Å². The topological polar surface area (TPSA) is 32.7 Å². The summed E-state index contributed by atoms with van der Waals surface area (Å²) < 4.78 is 5.74. The van der Waals surface area contributed by atoms with E-state index in [1.54, 1.807) is 0 Å². The summed E-state index contributed by atoms with van der Waals surface area (Å²) in [6.07, 6.45) is 0.586. The fraction of sp³-hybridized carbons (Fsp3) is 0.400. The molecule has 2 aromatic carbocycles. The Morgan fingerprint density at radius 1 is 1.09 bits per heavy atom. The molecule has 23 heavy (non-hydrogen) atoms. The number of hydrogen-bond donors (Lipinski definition) is 1. The second-order valence-corrected chi connectivity index (χ2v) is 6.46. The number of nitrogens with zero attached hydrogens (tertiary/aromatic N) is 1. The zero-order valence-electron chi connectivity index (χ0n) is 14.0. The van der Waals surface area contributed by atoms with Crippen molar-refractivity contribution in [3.8, 4) is 5.75 Å². The Morgan fingerprint density at radius 3 is 2.65 bits per heavy atom. The van der Waals surface area contributed by atoms with Gasteiger partial charge in [0.15, 0.2) is 0 Å². The van der Waals surface area contributed by atoms with Gasteiger partial charge in [-0.05, 0) is 54.7 Å². The maximum atomic E-state index is 10.3. The highest BCUT2D eigenvalue weighted by Crippen LogP contribution is 2.19. The number of aliphatic hydroxyl groups is 1. The van der Waals surface area contributed by atoms with Crippen molar-refractivity contribution in [2.24, 2.45) is 0 Å². The van der Waals surface area contributed by atoms with E-state index in [0.717, 1.165) is 25.3 Å². The van der Waals surface area contributed by atoms with E-state index >= 15 is 0 Å². The molecule has 0 radical (unpaired) electrons. The highest BCUT2D eigenvalue weighted by Gasteiger charge is 2.18. The molecule has 3 rings (SSSR count). The molecule has 0 unspecified atom stereocenters. The smallest absolute Gasteiger partial charge is 0.119 e. The SMILES string of the molecule is Cc1ccc(OC[C@H](O)CN2CCc3ccccc3C2)cc1C. The van der Waals surface area contributed by atoms with Crippen LogP contribution < -0.4 is 4.74 Å². The Labute approximate surface area is 138 Å². The lowest BCUT2D eigenvalue weighted by Gasteiger charge is -2.30. The predicted molar refractivity (Wildman–Crippen MR) is 92.8 cm³/mol. The molecule has 0 saturated carbocycles. The highest BCUT2D eigenvalue weighted by molar-refractivity contribution is 5.33. The lowest BCUT2D eigenvalue weighted by Crippen LogP contribution is -2.38. The van der Waals surface area contributed by atoms with E-state index in [1.807, 2.05) is 12.1 Å². The summed E-state index contributed by atoms with van der Waals surface area (Å²) in [4.78, 5) is 2.30. The van der Waals surface area contributed by atoms with Crippen LogP contribution in [-0.2, 0) is 13.0 Å². The van der Waals surface area contributed by atoms with Crippen LogP contribution in [0.4, 0.5) is 0 Å². The van der Waals surface area contributed by atoms with Gasteiger partial charge in [-0.15, -0.1) is 0 Å². The van der Waals surface area contributed by atoms with Crippen LogP contribution >= 0.6 is 0 Å². The third kappa shape index (κ3) is 4.12. The van der Waals surface area contributed by atoms with Crippen molar-refractivity contribution in [2.45, 2.75) is 32.9 Å². The number of hydrogen-bond acceptors (Lipinski definition) is 3. The average molecular weight is 311 g/mol. The molecule has 0 amide bonds. The minimum Gasteiger partial charge on any atom is -0.491 e. The number of aliphatic hydroxyl groups excluding tert-OH is 1. The third-order valence-corrected chi connectivity index (χ3v) is 4.60. The first-order valence-electron chi connectivity index (χ1n) is 8.29. The van der Waals surface area contributed by atoms with Crippen molar-refractivity contribution in [1.82, 2.24) is 4.90 Å². The molecule has 1 aliphatic heterocycles. The Morgan fingerprint density at radius 2 is 1.87 bits per heavy atom. The molecule has 0 saturated heterocycles. The number of β-amino-alcohol motifs (C(OH)–C–C–N with tert-alkyl or cyclic N) is 1. The summed E-state index contributed by atoms with van der Waals surface area (Å²) in [6.45, 7) is 7.06. The molecule has 1 N–H and O–H groups in total. The molecule has 0 bridgehead atoms. The van der Waals surface area contributed by atoms with Gasteiger partial charge in [0, 0.05) is 19.6 Å². The Bertz CT molecular complexity index is 668. The molecule has 3 heteroatoms. The fourth-order valence-corrected chi connectivity index (χ4v) is 3.06. The second kappa shape index (κ2) is 7.16. The van der Waals surface area contributed by atoms with Gasteiger partial charge in [-0.3, -0.25) is 4.90 Å². The van der Waals surface area contributed by atoms with Gasteiger partial charge in [0.05, 0.1) is 0 Å². The van der Waals surface area contributed by atoms with Crippen LogP contribution in [0.5, 0.6) is 5.75 Å². The Balaban J connectivity index is 1.50. The second-order valence-electron chi connectivity index (χ2n) is 6.46. The number of fused-ring (bicyclic) bond motifs is 1. The Hall–Kier alpha value is -1.84. The van der Waals surface area contributed by atoms with Crippen LogP contribution in [0.15, 0.2) is 42.5 Å². The van der Waals surface area contributed by atoms with E-state index in [9.17, 15) is 5.11 Å². The minimum atomic E-state index is -0.470. The molecule has 1 aliphatic rings. The number of rotatable bonds is 5. The van der Waals surface area contributed by atoms with Gasteiger partial charge in [0.2, 0.25) is 0 Å². The van der Waals surface area contributed by atoms with Crippen molar-refractivity contribution >= 4 is 0 Å². The average Bonchev–Trinajstić information content (AvgIpc) is 2.56. The van der Waals surface area contributed by atoms with Gasteiger partial charge < -0.3 is 9.84 Å².